The van der Waals surface area contributed by atoms with E-state index in [0.717, 1.165) is 17.0 Å². The number of nitrogens with one attached hydrogen (secondary N) is 2. The molecular formula is C18H20N6O. The number of rotatable bonds is 7. The summed E-state index contributed by atoms with van der Waals surface area (Å²) in [6, 6.07) is 11.5. The van der Waals surface area contributed by atoms with Gasteiger partial charge in [-0.3, -0.25) is 4.98 Å². The van der Waals surface area contributed by atoms with Crippen LogP contribution in [0, 0.1) is 0 Å². The van der Waals surface area contributed by atoms with Crippen LogP contribution in [-0.4, -0.2) is 21.6 Å². The number of ether oxygens (including phenoxy) is 1. The summed E-state index contributed by atoms with van der Waals surface area (Å²) in [5, 5.41) is 6.40. The second kappa shape index (κ2) is 7.96. The molecule has 7 heteroatoms. The van der Waals surface area contributed by atoms with Gasteiger partial charge in [0.1, 0.15) is 17.8 Å². The molecular weight excluding hydrogens is 316 g/mol. The van der Waals surface area contributed by atoms with Crippen molar-refractivity contribution in [2.75, 3.05) is 23.0 Å². The Morgan fingerprint density at radius 3 is 2.60 bits per heavy atom. The molecule has 0 saturated heterocycles. The van der Waals surface area contributed by atoms with E-state index in [9.17, 15) is 0 Å². The summed E-state index contributed by atoms with van der Waals surface area (Å²) in [6.07, 6.45) is 5.00. The van der Waals surface area contributed by atoms with Crippen LogP contribution in [0.4, 0.5) is 23.0 Å². The molecule has 128 valence electrons. The molecule has 0 spiro atoms. The van der Waals surface area contributed by atoms with Gasteiger partial charge in [0.15, 0.2) is 11.6 Å². The highest BCUT2D eigenvalue weighted by molar-refractivity contribution is 5.77. The highest BCUT2D eigenvalue weighted by atomic mass is 16.5. The van der Waals surface area contributed by atoms with Crippen LogP contribution in [0.15, 0.2) is 55.1 Å². The van der Waals surface area contributed by atoms with Gasteiger partial charge >= 0.3 is 0 Å². The monoisotopic (exact) mass is 336 g/mol. The highest BCUT2D eigenvalue weighted by Crippen LogP contribution is 2.27. The first-order valence-electron chi connectivity index (χ1n) is 7.99. The van der Waals surface area contributed by atoms with E-state index in [1.807, 2.05) is 43.3 Å². The van der Waals surface area contributed by atoms with Crippen LogP contribution in [0.5, 0.6) is 5.75 Å². The van der Waals surface area contributed by atoms with E-state index < -0.39 is 0 Å². The molecule has 0 bridgehead atoms. The topological polar surface area (TPSA) is 98.0 Å². The van der Waals surface area contributed by atoms with E-state index in [2.05, 4.69) is 25.6 Å². The van der Waals surface area contributed by atoms with Crippen molar-refractivity contribution in [1.82, 2.24) is 15.0 Å². The fourth-order valence-corrected chi connectivity index (χ4v) is 2.26. The molecule has 1 aromatic carbocycles. The van der Waals surface area contributed by atoms with E-state index in [1.165, 1.54) is 6.33 Å². The average molecular weight is 336 g/mol. The quantitative estimate of drug-likeness (QED) is 0.609. The molecule has 0 aliphatic carbocycles. The first kappa shape index (κ1) is 16.5. The third-order valence-corrected chi connectivity index (χ3v) is 3.49. The number of hydrogen-bond donors (Lipinski definition) is 3. The molecule has 2 aromatic heterocycles. The number of anilines is 4. The Kier molecular flexibility index (Phi) is 5.26. The van der Waals surface area contributed by atoms with E-state index >= 15 is 0 Å². The predicted molar refractivity (Wildman–Crippen MR) is 98.9 cm³/mol. The molecule has 25 heavy (non-hydrogen) atoms. The Bertz CT molecular complexity index is 808. The molecule has 3 aromatic rings. The van der Waals surface area contributed by atoms with Gasteiger partial charge in [-0.25, -0.2) is 9.97 Å². The Morgan fingerprint density at radius 2 is 1.88 bits per heavy atom. The Labute approximate surface area is 146 Å². The van der Waals surface area contributed by atoms with Crippen LogP contribution >= 0.6 is 0 Å². The molecule has 3 rings (SSSR count). The van der Waals surface area contributed by atoms with Crippen molar-refractivity contribution < 1.29 is 4.74 Å². The summed E-state index contributed by atoms with van der Waals surface area (Å²) in [4.78, 5) is 12.5. The van der Waals surface area contributed by atoms with Crippen LogP contribution in [-0.2, 0) is 6.54 Å². The molecule has 0 amide bonds. The van der Waals surface area contributed by atoms with Crippen molar-refractivity contribution >= 4 is 23.0 Å². The zero-order chi connectivity index (χ0) is 17.5. The first-order valence-corrected chi connectivity index (χ1v) is 7.99. The number of pyridine rings is 1. The third kappa shape index (κ3) is 4.35. The van der Waals surface area contributed by atoms with Crippen molar-refractivity contribution in [2.24, 2.45) is 0 Å². The van der Waals surface area contributed by atoms with Gasteiger partial charge in [-0.15, -0.1) is 0 Å². The van der Waals surface area contributed by atoms with Gasteiger partial charge in [-0.2, -0.15) is 0 Å². The van der Waals surface area contributed by atoms with Crippen LogP contribution < -0.4 is 21.1 Å². The highest BCUT2D eigenvalue weighted by Gasteiger charge is 2.08. The summed E-state index contributed by atoms with van der Waals surface area (Å²) < 4.78 is 5.43. The average Bonchev–Trinajstić information content (AvgIpc) is 2.65. The summed E-state index contributed by atoms with van der Waals surface area (Å²) in [5.41, 5.74) is 8.55. The molecule has 0 atom stereocenters. The smallest absolute Gasteiger partial charge is 0.159 e. The molecule has 0 saturated carbocycles. The minimum Gasteiger partial charge on any atom is -0.494 e. The molecule has 0 radical (unpaired) electrons. The van der Waals surface area contributed by atoms with E-state index in [1.54, 1.807) is 12.4 Å². The lowest BCUT2D eigenvalue weighted by molar-refractivity contribution is 0.340. The lowest BCUT2D eigenvalue weighted by Crippen LogP contribution is -2.08. The minimum atomic E-state index is 0.459. The van der Waals surface area contributed by atoms with Crippen LogP contribution in [0.3, 0.4) is 0 Å². The number of aromatic nitrogens is 3. The zero-order valence-electron chi connectivity index (χ0n) is 13.9. The molecule has 2 heterocycles. The van der Waals surface area contributed by atoms with Crippen molar-refractivity contribution in [3.05, 3.63) is 60.7 Å². The molecule has 0 unspecified atom stereocenters. The fraction of sp³-hybridized carbons (Fsp3) is 0.167. The zero-order valence-corrected chi connectivity index (χ0v) is 13.9. The van der Waals surface area contributed by atoms with E-state index in [0.29, 0.717) is 30.5 Å². The normalized spacial score (nSPS) is 10.3. The second-order valence-electron chi connectivity index (χ2n) is 5.28. The van der Waals surface area contributed by atoms with Crippen molar-refractivity contribution in [3.63, 3.8) is 0 Å². The largest absolute Gasteiger partial charge is 0.494 e. The number of nitrogen functional groups attached to an aromatic ring is 1. The van der Waals surface area contributed by atoms with Gasteiger partial charge in [0.05, 0.1) is 6.61 Å². The van der Waals surface area contributed by atoms with Crippen LogP contribution in [0.25, 0.3) is 0 Å². The maximum absolute atomic E-state index is 6.18. The van der Waals surface area contributed by atoms with Gasteiger partial charge in [0, 0.05) is 24.6 Å². The molecule has 4 N–H and O–H groups in total. The fourth-order valence-electron chi connectivity index (χ4n) is 2.26. The van der Waals surface area contributed by atoms with Gasteiger partial charge in [-0.05, 0) is 42.8 Å². The van der Waals surface area contributed by atoms with Crippen LogP contribution in [0.2, 0.25) is 0 Å². The van der Waals surface area contributed by atoms with Crippen molar-refractivity contribution in [3.8, 4) is 5.75 Å². The van der Waals surface area contributed by atoms with E-state index in [-0.39, 0.29) is 0 Å². The summed E-state index contributed by atoms with van der Waals surface area (Å²) >= 11 is 0. The SMILES string of the molecule is CCOc1ccc(Nc2ncnc(NCc3cccnc3)c2N)cc1. The number of hydrogen-bond acceptors (Lipinski definition) is 7. The molecule has 0 aliphatic heterocycles. The first-order chi connectivity index (χ1) is 12.3. The predicted octanol–water partition coefficient (Wildman–Crippen LogP) is 3.21. The Hall–Kier alpha value is -3.35. The number of benzene rings is 1. The standard InChI is InChI=1S/C18H20N6O/c1-2-25-15-7-5-14(6-8-15)24-18-16(19)17(22-12-23-18)21-11-13-4-3-9-20-10-13/h3-10,12H,2,11,19H2,1H3,(H2,21,22,23,24). The van der Waals surface area contributed by atoms with Gasteiger partial charge < -0.3 is 21.1 Å². The summed E-state index contributed by atoms with van der Waals surface area (Å²) in [5.74, 6) is 1.95. The minimum absolute atomic E-state index is 0.459. The summed E-state index contributed by atoms with van der Waals surface area (Å²) in [6.45, 7) is 3.17. The number of nitrogens with two attached hydrogens (primary N) is 1. The van der Waals surface area contributed by atoms with Crippen LogP contribution in [0.1, 0.15) is 12.5 Å². The van der Waals surface area contributed by atoms with E-state index in [4.69, 9.17) is 10.5 Å². The second-order valence-corrected chi connectivity index (χ2v) is 5.28. The molecule has 7 nitrogen and oxygen atoms in total. The van der Waals surface area contributed by atoms with Gasteiger partial charge in [0.25, 0.3) is 0 Å². The molecule has 0 fully saturated rings. The Morgan fingerprint density at radius 1 is 1.08 bits per heavy atom. The lowest BCUT2D eigenvalue weighted by atomic mass is 10.3. The Balaban J connectivity index is 1.70. The molecule has 0 aliphatic rings. The summed E-state index contributed by atoms with van der Waals surface area (Å²) in [7, 11) is 0. The number of nitrogens with zero attached hydrogens (tertiary/aromatic N) is 3. The lowest BCUT2D eigenvalue weighted by Gasteiger charge is -2.13. The maximum atomic E-state index is 6.18. The van der Waals surface area contributed by atoms with Crippen molar-refractivity contribution in [2.45, 2.75) is 13.5 Å². The van der Waals surface area contributed by atoms with Gasteiger partial charge in [-0.1, -0.05) is 6.07 Å². The third-order valence-electron chi connectivity index (χ3n) is 3.49. The van der Waals surface area contributed by atoms with Gasteiger partial charge in [0.2, 0.25) is 0 Å². The van der Waals surface area contributed by atoms with Crippen molar-refractivity contribution in [1.29, 1.82) is 0 Å². The maximum Gasteiger partial charge on any atom is 0.159 e.